The molecule has 4 aromatic rings. The fourth-order valence-corrected chi connectivity index (χ4v) is 23.3. The second-order valence-electron chi connectivity index (χ2n) is 10.8. The van der Waals surface area contributed by atoms with Crippen LogP contribution in [0.1, 0.15) is 22.3 Å². The molecule has 0 N–H and O–H groups in total. The SMILES string of the molecule is Cc1ccc([Si](Cl)(c2ccc(C)cc2)[Si](Cl)(c2ccccc2CN(C)C)c2ccccc2CN(C)C)cc1. The molecule has 6 heteroatoms. The van der Waals surface area contributed by atoms with E-state index in [0.717, 1.165) is 23.5 Å². The summed E-state index contributed by atoms with van der Waals surface area (Å²) in [7, 11) is 8.44. The molecule has 0 saturated carbocycles. The molecule has 0 fully saturated rings. The summed E-state index contributed by atoms with van der Waals surface area (Å²) in [6.07, 6.45) is 0. The highest BCUT2D eigenvalue weighted by molar-refractivity contribution is 7.84. The average Bonchev–Trinajstić information content (AvgIpc) is 2.88. The molecule has 38 heavy (non-hydrogen) atoms. The van der Waals surface area contributed by atoms with Crippen molar-refractivity contribution in [2.45, 2.75) is 26.9 Å². The first-order valence-electron chi connectivity index (χ1n) is 13.1. The van der Waals surface area contributed by atoms with Crippen molar-refractivity contribution < 1.29 is 0 Å². The Morgan fingerprint density at radius 3 is 1.18 bits per heavy atom. The fraction of sp³-hybridized carbons (Fsp3) is 0.250. The molecule has 0 amide bonds. The van der Waals surface area contributed by atoms with Gasteiger partial charge < -0.3 is 9.80 Å². The quantitative estimate of drug-likeness (QED) is 0.208. The van der Waals surface area contributed by atoms with Gasteiger partial charge in [0.05, 0.1) is 0 Å². The number of benzene rings is 4. The minimum Gasteiger partial charge on any atom is -0.305 e. The van der Waals surface area contributed by atoms with Crippen molar-refractivity contribution in [2.24, 2.45) is 0 Å². The van der Waals surface area contributed by atoms with Gasteiger partial charge in [-0.25, -0.2) is 0 Å². The van der Waals surface area contributed by atoms with Crippen molar-refractivity contribution >= 4 is 56.7 Å². The van der Waals surface area contributed by atoms with Gasteiger partial charge in [0.2, 0.25) is 13.8 Å². The van der Waals surface area contributed by atoms with E-state index in [1.807, 2.05) is 0 Å². The molecule has 0 radical (unpaired) electrons. The summed E-state index contributed by atoms with van der Waals surface area (Å²) in [6.45, 7) is -0.430. The second kappa shape index (κ2) is 11.9. The van der Waals surface area contributed by atoms with E-state index in [9.17, 15) is 0 Å². The van der Waals surface area contributed by atoms with E-state index in [-0.39, 0.29) is 0 Å². The Labute approximate surface area is 240 Å². The normalized spacial score (nSPS) is 12.4. The summed E-state index contributed by atoms with van der Waals surface area (Å²) in [6, 6.07) is 35.0. The van der Waals surface area contributed by atoms with Crippen LogP contribution in [0.3, 0.4) is 0 Å². The molecule has 2 nitrogen and oxygen atoms in total. The lowest BCUT2D eigenvalue weighted by Gasteiger charge is -2.42. The summed E-state index contributed by atoms with van der Waals surface area (Å²) < 4.78 is 0. The summed E-state index contributed by atoms with van der Waals surface area (Å²) >= 11 is 16.8. The summed E-state index contributed by atoms with van der Waals surface area (Å²) in [4.78, 5) is 4.43. The molecule has 0 aliphatic heterocycles. The van der Waals surface area contributed by atoms with Crippen molar-refractivity contribution in [1.29, 1.82) is 0 Å². The number of nitrogens with zero attached hydrogens (tertiary/aromatic N) is 2. The third kappa shape index (κ3) is 5.57. The van der Waals surface area contributed by atoms with Crippen LogP contribution < -0.4 is 20.7 Å². The van der Waals surface area contributed by atoms with E-state index in [1.165, 1.54) is 32.6 Å². The molecule has 4 aromatic carbocycles. The Morgan fingerprint density at radius 1 is 0.500 bits per heavy atom. The van der Waals surface area contributed by atoms with Crippen LogP contribution in [0.2, 0.25) is 0 Å². The Kier molecular flexibility index (Phi) is 9.03. The van der Waals surface area contributed by atoms with Crippen molar-refractivity contribution in [3.8, 4) is 0 Å². The van der Waals surface area contributed by atoms with Gasteiger partial charge in [0.1, 0.15) is 0 Å². The summed E-state index contributed by atoms with van der Waals surface area (Å²) in [5.41, 5.74) is 4.92. The summed E-state index contributed by atoms with van der Waals surface area (Å²) in [5.74, 6) is 0. The Bertz CT molecular complexity index is 1270. The molecule has 0 bridgehead atoms. The van der Waals surface area contributed by atoms with Gasteiger partial charge in [-0.1, -0.05) is 108 Å². The third-order valence-electron chi connectivity index (χ3n) is 7.12. The highest BCUT2D eigenvalue weighted by atomic mass is 35.6. The standard InChI is InChI=1S/C32H38Cl2N2Si2/c1-25-15-19-29(20-16-25)37(33,30-21-17-26(2)18-22-30)38(34,31-13-9-7-11-27(31)23-35(3)4)32-14-10-8-12-28(32)24-36(5)6/h7-22H,23-24H2,1-6H3. The molecule has 0 heterocycles. The van der Waals surface area contributed by atoms with Crippen LogP contribution in [0.4, 0.5) is 0 Å². The van der Waals surface area contributed by atoms with Crippen LogP contribution in [0.15, 0.2) is 97.1 Å². The minimum absolute atomic E-state index is 0.802. The van der Waals surface area contributed by atoms with Crippen LogP contribution in [-0.2, 0) is 13.1 Å². The monoisotopic (exact) mass is 576 g/mol. The smallest absolute Gasteiger partial charge is 0.234 e. The van der Waals surface area contributed by atoms with Crippen LogP contribution in [0.25, 0.3) is 0 Å². The second-order valence-corrected chi connectivity index (χ2v) is 25.5. The third-order valence-corrected chi connectivity index (χ3v) is 27.5. The lowest BCUT2D eigenvalue weighted by molar-refractivity contribution is 0.403. The average molecular weight is 578 g/mol. The highest BCUT2D eigenvalue weighted by Crippen LogP contribution is 2.30. The molecule has 198 valence electrons. The predicted molar refractivity (Wildman–Crippen MR) is 172 cm³/mol. The Balaban J connectivity index is 2.16. The highest BCUT2D eigenvalue weighted by Gasteiger charge is 2.60. The molecule has 0 aromatic heterocycles. The lowest BCUT2D eigenvalue weighted by Crippen LogP contribution is -2.81. The number of rotatable bonds is 9. The van der Waals surface area contributed by atoms with Gasteiger partial charge in [-0.05, 0) is 73.9 Å². The number of halogens is 2. The molecule has 0 aliphatic carbocycles. The molecule has 0 saturated heterocycles. The van der Waals surface area contributed by atoms with Crippen molar-refractivity contribution in [3.63, 3.8) is 0 Å². The topological polar surface area (TPSA) is 6.48 Å². The zero-order chi connectivity index (χ0) is 27.5. The first kappa shape index (κ1) is 28.8. The van der Waals surface area contributed by atoms with Crippen LogP contribution in [0.5, 0.6) is 0 Å². The molecule has 4 rings (SSSR count). The maximum absolute atomic E-state index is 8.45. The summed E-state index contributed by atoms with van der Waals surface area (Å²) in [5, 5.41) is 4.75. The van der Waals surface area contributed by atoms with Gasteiger partial charge in [-0.2, -0.15) is 22.2 Å². The van der Waals surface area contributed by atoms with Crippen molar-refractivity contribution in [2.75, 3.05) is 28.2 Å². The van der Waals surface area contributed by atoms with E-state index in [2.05, 4.69) is 149 Å². The molecule has 0 atom stereocenters. The maximum atomic E-state index is 8.45. The molecule has 0 unspecified atom stereocenters. The van der Waals surface area contributed by atoms with E-state index in [0.29, 0.717) is 0 Å². The van der Waals surface area contributed by atoms with Gasteiger partial charge in [0.25, 0.3) is 0 Å². The van der Waals surface area contributed by atoms with E-state index < -0.39 is 13.8 Å². The molecule has 0 aliphatic rings. The van der Waals surface area contributed by atoms with Crippen LogP contribution in [-0.4, -0.2) is 51.8 Å². The largest absolute Gasteiger partial charge is 0.305 e. The van der Waals surface area contributed by atoms with Gasteiger partial charge in [0.15, 0.2) is 0 Å². The number of hydrogen-bond donors (Lipinski definition) is 0. The fourth-order valence-electron chi connectivity index (χ4n) is 5.32. The first-order chi connectivity index (χ1) is 18.1. The van der Waals surface area contributed by atoms with E-state index in [1.54, 1.807) is 0 Å². The van der Waals surface area contributed by atoms with Crippen LogP contribution in [0, 0.1) is 13.8 Å². The molecular formula is C32H38Cl2N2Si2. The zero-order valence-electron chi connectivity index (χ0n) is 23.3. The molecule has 0 spiro atoms. The van der Waals surface area contributed by atoms with E-state index in [4.69, 9.17) is 22.2 Å². The zero-order valence-corrected chi connectivity index (χ0v) is 26.8. The van der Waals surface area contributed by atoms with Gasteiger partial charge >= 0.3 is 0 Å². The minimum atomic E-state index is -3.17. The lowest BCUT2D eigenvalue weighted by atomic mass is 10.2. The van der Waals surface area contributed by atoms with Crippen molar-refractivity contribution in [1.82, 2.24) is 9.80 Å². The Hall–Kier alpha value is -2.19. The predicted octanol–water partition coefficient (Wildman–Crippen LogP) is 4.80. The van der Waals surface area contributed by atoms with Gasteiger partial charge in [-0.3, -0.25) is 0 Å². The van der Waals surface area contributed by atoms with Gasteiger partial charge in [0, 0.05) is 13.1 Å². The maximum Gasteiger partial charge on any atom is 0.234 e. The first-order valence-corrected chi connectivity index (χ1v) is 20.1. The van der Waals surface area contributed by atoms with Crippen molar-refractivity contribution in [3.05, 3.63) is 119 Å². The van der Waals surface area contributed by atoms with E-state index >= 15 is 0 Å². The number of aryl methyl sites for hydroxylation is 2. The molecular weight excluding hydrogens is 539 g/mol. The van der Waals surface area contributed by atoms with Crippen LogP contribution >= 0.6 is 22.2 Å². The Morgan fingerprint density at radius 2 is 0.842 bits per heavy atom. The van der Waals surface area contributed by atoms with Gasteiger partial charge in [-0.15, -0.1) is 0 Å². The number of hydrogen-bond acceptors (Lipinski definition) is 2.